The van der Waals surface area contributed by atoms with Gasteiger partial charge in [-0.1, -0.05) is 13.8 Å². The Balaban J connectivity index is 3.27. The van der Waals surface area contributed by atoms with E-state index in [2.05, 4.69) is 31.1 Å². The predicted molar refractivity (Wildman–Crippen MR) is 57.3 cm³/mol. The normalized spacial score (nSPS) is 10.6. The van der Waals surface area contributed by atoms with E-state index in [9.17, 15) is 0 Å². The summed E-state index contributed by atoms with van der Waals surface area (Å²) in [5, 5.41) is 3.20. The van der Waals surface area contributed by atoms with Gasteiger partial charge >= 0.3 is 0 Å². The molecule has 0 spiro atoms. The summed E-state index contributed by atoms with van der Waals surface area (Å²) in [6.07, 6.45) is 1.98. The van der Waals surface area contributed by atoms with Crippen LogP contribution in [0.25, 0.3) is 0 Å². The van der Waals surface area contributed by atoms with Crippen LogP contribution >= 0.6 is 0 Å². The summed E-state index contributed by atoms with van der Waals surface area (Å²) in [7, 11) is 1.95. The Morgan fingerprint density at radius 3 is 2.38 bits per heavy atom. The molecule has 0 aromatic carbocycles. The summed E-state index contributed by atoms with van der Waals surface area (Å²) < 4.78 is 0. The van der Waals surface area contributed by atoms with Crippen LogP contribution in [-0.4, -0.2) is 12.0 Å². The largest absolute Gasteiger partial charge is 0.386 e. The zero-order valence-corrected chi connectivity index (χ0v) is 9.10. The number of aryl methyl sites for hydroxylation is 1. The molecule has 72 valence electrons. The van der Waals surface area contributed by atoms with E-state index in [-0.39, 0.29) is 0 Å². The Morgan fingerprint density at radius 2 is 1.92 bits per heavy atom. The zero-order chi connectivity index (χ0) is 10.0. The molecule has 0 radical (unpaired) electrons. The number of hydrogen-bond donors (Lipinski definition) is 1. The molecule has 2 heteroatoms. The summed E-state index contributed by atoms with van der Waals surface area (Å²) in [6, 6.07) is 0. The Morgan fingerprint density at radius 1 is 1.31 bits per heavy atom. The SMILES string of the molecule is CNc1c(C)ncc(C(C)C)c1C. The second-order valence-electron chi connectivity index (χ2n) is 3.70. The van der Waals surface area contributed by atoms with Crippen LogP contribution in [0.5, 0.6) is 0 Å². The molecular weight excluding hydrogens is 160 g/mol. The standard InChI is InChI=1S/C11H18N2/c1-7(2)10-6-13-9(4)11(12-5)8(10)3/h6-7,12H,1-5H3. The molecule has 1 N–H and O–H groups in total. The van der Waals surface area contributed by atoms with Crippen molar-refractivity contribution in [1.29, 1.82) is 0 Å². The highest BCUT2D eigenvalue weighted by molar-refractivity contribution is 5.56. The van der Waals surface area contributed by atoms with Gasteiger partial charge in [0, 0.05) is 13.2 Å². The van der Waals surface area contributed by atoms with Gasteiger partial charge in [-0.05, 0) is 30.9 Å². The number of aromatic nitrogens is 1. The van der Waals surface area contributed by atoms with Crippen LogP contribution in [0.2, 0.25) is 0 Å². The molecule has 0 atom stereocenters. The van der Waals surface area contributed by atoms with Gasteiger partial charge in [-0.3, -0.25) is 4.98 Å². The lowest BCUT2D eigenvalue weighted by molar-refractivity contribution is 0.845. The van der Waals surface area contributed by atoms with Crippen LogP contribution in [0.4, 0.5) is 5.69 Å². The monoisotopic (exact) mass is 178 g/mol. The van der Waals surface area contributed by atoms with E-state index >= 15 is 0 Å². The van der Waals surface area contributed by atoms with Gasteiger partial charge in [0.05, 0.1) is 11.4 Å². The topological polar surface area (TPSA) is 24.9 Å². The third-order valence-corrected chi connectivity index (χ3v) is 2.44. The van der Waals surface area contributed by atoms with Crippen LogP contribution < -0.4 is 5.32 Å². The Labute approximate surface area is 80.4 Å². The van der Waals surface area contributed by atoms with Crippen LogP contribution in [-0.2, 0) is 0 Å². The summed E-state index contributed by atoms with van der Waals surface area (Å²) in [4.78, 5) is 4.37. The lowest BCUT2D eigenvalue weighted by Gasteiger charge is -2.15. The molecule has 0 unspecified atom stereocenters. The summed E-state index contributed by atoms with van der Waals surface area (Å²) in [5.74, 6) is 0.542. The molecule has 0 bridgehead atoms. The maximum Gasteiger partial charge on any atom is 0.0606 e. The van der Waals surface area contributed by atoms with Crippen LogP contribution in [0.3, 0.4) is 0 Å². The third kappa shape index (κ3) is 1.82. The van der Waals surface area contributed by atoms with Crippen molar-refractivity contribution in [2.45, 2.75) is 33.6 Å². The summed E-state index contributed by atoms with van der Waals surface area (Å²) >= 11 is 0. The Hall–Kier alpha value is -1.05. The molecular formula is C11H18N2. The van der Waals surface area contributed by atoms with Crippen molar-refractivity contribution in [3.05, 3.63) is 23.0 Å². The first-order chi connectivity index (χ1) is 6.07. The molecule has 0 saturated carbocycles. The summed E-state index contributed by atoms with van der Waals surface area (Å²) in [5.41, 5.74) is 4.90. The van der Waals surface area contributed by atoms with Crippen molar-refractivity contribution in [2.24, 2.45) is 0 Å². The lowest BCUT2D eigenvalue weighted by Crippen LogP contribution is -2.02. The maximum absolute atomic E-state index is 4.37. The van der Waals surface area contributed by atoms with Crippen molar-refractivity contribution in [3.63, 3.8) is 0 Å². The first kappa shape index (κ1) is 10.0. The van der Waals surface area contributed by atoms with Gasteiger partial charge < -0.3 is 5.32 Å². The number of hydrogen-bond acceptors (Lipinski definition) is 2. The van der Waals surface area contributed by atoms with E-state index in [0.717, 1.165) is 5.69 Å². The highest BCUT2D eigenvalue weighted by Crippen LogP contribution is 2.25. The fourth-order valence-corrected chi connectivity index (χ4v) is 1.69. The predicted octanol–water partition coefficient (Wildman–Crippen LogP) is 2.86. The van der Waals surface area contributed by atoms with Crippen molar-refractivity contribution in [1.82, 2.24) is 4.98 Å². The van der Waals surface area contributed by atoms with Gasteiger partial charge in [-0.15, -0.1) is 0 Å². The molecule has 0 fully saturated rings. The second-order valence-corrected chi connectivity index (χ2v) is 3.70. The smallest absolute Gasteiger partial charge is 0.0606 e. The molecule has 2 nitrogen and oxygen atoms in total. The van der Waals surface area contributed by atoms with Gasteiger partial charge in [0.2, 0.25) is 0 Å². The molecule has 0 aliphatic rings. The molecule has 13 heavy (non-hydrogen) atoms. The number of anilines is 1. The average molecular weight is 178 g/mol. The van der Waals surface area contributed by atoms with Crippen LogP contribution in [0.1, 0.15) is 36.6 Å². The van der Waals surface area contributed by atoms with Crippen molar-refractivity contribution >= 4 is 5.69 Å². The minimum absolute atomic E-state index is 0.542. The Kier molecular flexibility index (Phi) is 2.91. The molecule has 1 rings (SSSR count). The molecule has 1 aromatic heterocycles. The van der Waals surface area contributed by atoms with E-state index in [1.807, 2.05) is 20.2 Å². The molecule has 1 heterocycles. The molecule has 0 amide bonds. The number of pyridine rings is 1. The first-order valence-corrected chi connectivity index (χ1v) is 4.71. The number of nitrogens with zero attached hydrogens (tertiary/aromatic N) is 1. The third-order valence-electron chi connectivity index (χ3n) is 2.44. The minimum atomic E-state index is 0.542. The molecule has 0 aliphatic heterocycles. The highest BCUT2D eigenvalue weighted by atomic mass is 14.9. The fraction of sp³-hybridized carbons (Fsp3) is 0.545. The van der Waals surface area contributed by atoms with Crippen molar-refractivity contribution in [3.8, 4) is 0 Å². The minimum Gasteiger partial charge on any atom is -0.386 e. The van der Waals surface area contributed by atoms with E-state index in [4.69, 9.17) is 0 Å². The molecule has 0 saturated heterocycles. The fourth-order valence-electron chi connectivity index (χ4n) is 1.69. The summed E-state index contributed by atoms with van der Waals surface area (Å²) in [6.45, 7) is 8.57. The van der Waals surface area contributed by atoms with E-state index in [0.29, 0.717) is 5.92 Å². The van der Waals surface area contributed by atoms with Gasteiger partial charge in [0.1, 0.15) is 0 Å². The van der Waals surface area contributed by atoms with E-state index in [1.165, 1.54) is 16.8 Å². The molecule has 0 aliphatic carbocycles. The van der Waals surface area contributed by atoms with Gasteiger partial charge in [0.25, 0.3) is 0 Å². The van der Waals surface area contributed by atoms with Crippen molar-refractivity contribution in [2.75, 3.05) is 12.4 Å². The van der Waals surface area contributed by atoms with Gasteiger partial charge in [-0.2, -0.15) is 0 Å². The van der Waals surface area contributed by atoms with E-state index in [1.54, 1.807) is 0 Å². The van der Waals surface area contributed by atoms with Gasteiger partial charge in [-0.25, -0.2) is 0 Å². The zero-order valence-electron chi connectivity index (χ0n) is 9.10. The maximum atomic E-state index is 4.37. The quantitative estimate of drug-likeness (QED) is 0.753. The molecule has 1 aromatic rings. The van der Waals surface area contributed by atoms with Crippen molar-refractivity contribution < 1.29 is 0 Å². The second kappa shape index (κ2) is 3.77. The lowest BCUT2D eigenvalue weighted by atomic mass is 9.98. The number of rotatable bonds is 2. The highest BCUT2D eigenvalue weighted by Gasteiger charge is 2.09. The first-order valence-electron chi connectivity index (χ1n) is 4.71. The van der Waals surface area contributed by atoms with E-state index < -0.39 is 0 Å². The Bertz CT molecular complexity index is 303. The van der Waals surface area contributed by atoms with Crippen LogP contribution in [0.15, 0.2) is 6.20 Å². The number of nitrogens with one attached hydrogen (secondary N) is 1. The average Bonchev–Trinajstić information content (AvgIpc) is 2.04. The van der Waals surface area contributed by atoms with Gasteiger partial charge in [0.15, 0.2) is 0 Å². The van der Waals surface area contributed by atoms with Crippen LogP contribution in [0, 0.1) is 13.8 Å².